The Morgan fingerprint density at radius 1 is 1.00 bits per heavy atom. The fraction of sp³-hybridized carbons (Fsp3) is 0.647. The molecule has 2 aliphatic heterocycles. The number of hydrogen-bond acceptors (Lipinski definition) is 2. The van der Waals surface area contributed by atoms with Gasteiger partial charge in [0.05, 0.1) is 0 Å². The van der Waals surface area contributed by atoms with Crippen molar-refractivity contribution < 1.29 is 0 Å². The minimum Gasteiger partial charge on any atom is -0.310 e. The lowest BCUT2D eigenvalue weighted by atomic mass is 9.86. The predicted molar refractivity (Wildman–Crippen MR) is 80.5 cm³/mol. The lowest BCUT2D eigenvalue weighted by molar-refractivity contribution is 0.347. The van der Waals surface area contributed by atoms with Crippen LogP contribution in [-0.4, -0.2) is 31.6 Å². The molecule has 0 spiro atoms. The summed E-state index contributed by atoms with van der Waals surface area (Å²) in [6.45, 7) is 3.70. The fourth-order valence-electron chi connectivity index (χ4n) is 3.70. The van der Waals surface area contributed by atoms with Gasteiger partial charge >= 0.3 is 0 Å². The highest BCUT2D eigenvalue weighted by molar-refractivity contribution is 5.33. The van der Waals surface area contributed by atoms with Gasteiger partial charge < -0.3 is 10.2 Å². The Morgan fingerprint density at radius 2 is 1.84 bits per heavy atom. The van der Waals surface area contributed by atoms with Gasteiger partial charge in [-0.15, -0.1) is 0 Å². The van der Waals surface area contributed by atoms with Gasteiger partial charge in [0.25, 0.3) is 0 Å². The third kappa shape index (κ3) is 3.01. The van der Waals surface area contributed by atoms with Gasteiger partial charge in [-0.1, -0.05) is 24.3 Å². The molecule has 2 fully saturated rings. The molecule has 2 nitrogen and oxygen atoms in total. The highest BCUT2D eigenvalue weighted by atomic mass is 15.1. The maximum absolute atomic E-state index is 3.67. The van der Waals surface area contributed by atoms with E-state index in [9.17, 15) is 0 Å². The second kappa shape index (κ2) is 6.06. The molecule has 1 aromatic rings. The van der Waals surface area contributed by atoms with Crippen LogP contribution in [0.3, 0.4) is 0 Å². The molecular formula is C17H26N2. The second-order valence-corrected chi connectivity index (χ2v) is 6.21. The number of benzene rings is 1. The van der Waals surface area contributed by atoms with Crippen LogP contribution in [0.2, 0.25) is 0 Å². The number of hydrogen-bond donors (Lipinski definition) is 1. The molecule has 0 bridgehead atoms. The normalized spacial score (nSPS) is 29.3. The van der Waals surface area contributed by atoms with Crippen LogP contribution in [0.25, 0.3) is 0 Å². The number of nitrogens with one attached hydrogen (secondary N) is 1. The third-order valence-corrected chi connectivity index (χ3v) is 4.82. The van der Waals surface area contributed by atoms with Crippen molar-refractivity contribution in [2.24, 2.45) is 0 Å². The van der Waals surface area contributed by atoms with Crippen LogP contribution in [-0.2, 0) is 0 Å². The largest absolute Gasteiger partial charge is 0.310 e. The minimum absolute atomic E-state index is 0.609. The Balaban J connectivity index is 1.82. The van der Waals surface area contributed by atoms with Crippen LogP contribution >= 0.6 is 0 Å². The van der Waals surface area contributed by atoms with E-state index in [1.54, 1.807) is 11.1 Å². The zero-order valence-corrected chi connectivity index (χ0v) is 12.1. The summed E-state index contributed by atoms with van der Waals surface area (Å²) in [7, 11) is 2.26. The SMILES string of the molecule is CN1CCCC(c2ccccc2C2CCCN2)CC1. The van der Waals surface area contributed by atoms with E-state index in [4.69, 9.17) is 0 Å². The molecule has 2 unspecified atom stereocenters. The Morgan fingerprint density at radius 3 is 2.63 bits per heavy atom. The summed E-state index contributed by atoms with van der Waals surface area (Å²) in [5.41, 5.74) is 3.20. The Hall–Kier alpha value is -0.860. The van der Waals surface area contributed by atoms with Gasteiger partial charge in [-0.05, 0) is 75.8 Å². The smallest absolute Gasteiger partial charge is 0.0323 e. The first-order chi connectivity index (χ1) is 9.34. The zero-order valence-electron chi connectivity index (χ0n) is 12.1. The predicted octanol–water partition coefficient (Wildman–Crippen LogP) is 3.31. The highest BCUT2D eigenvalue weighted by Gasteiger charge is 2.24. The average molecular weight is 258 g/mol. The van der Waals surface area contributed by atoms with E-state index in [-0.39, 0.29) is 0 Å². The van der Waals surface area contributed by atoms with Crippen LogP contribution in [0, 0.1) is 0 Å². The van der Waals surface area contributed by atoms with Gasteiger partial charge in [0.15, 0.2) is 0 Å². The molecule has 2 heteroatoms. The quantitative estimate of drug-likeness (QED) is 0.875. The van der Waals surface area contributed by atoms with Crippen LogP contribution < -0.4 is 5.32 Å². The third-order valence-electron chi connectivity index (χ3n) is 4.82. The molecule has 1 N–H and O–H groups in total. The van der Waals surface area contributed by atoms with E-state index in [0.717, 1.165) is 5.92 Å². The van der Waals surface area contributed by atoms with E-state index < -0.39 is 0 Å². The van der Waals surface area contributed by atoms with Crippen molar-refractivity contribution in [1.29, 1.82) is 0 Å². The van der Waals surface area contributed by atoms with Crippen molar-refractivity contribution in [3.8, 4) is 0 Å². The molecule has 2 aliphatic rings. The summed E-state index contributed by atoms with van der Waals surface area (Å²) in [5, 5.41) is 3.67. The monoisotopic (exact) mass is 258 g/mol. The van der Waals surface area contributed by atoms with E-state index in [1.807, 2.05) is 0 Å². The molecule has 0 amide bonds. The molecular weight excluding hydrogens is 232 g/mol. The first kappa shape index (κ1) is 13.1. The van der Waals surface area contributed by atoms with Crippen molar-refractivity contribution in [3.05, 3.63) is 35.4 Å². The van der Waals surface area contributed by atoms with Gasteiger partial charge in [-0.2, -0.15) is 0 Å². The van der Waals surface area contributed by atoms with Gasteiger partial charge in [-0.25, -0.2) is 0 Å². The first-order valence-electron chi connectivity index (χ1n) is 7.85. The number of rotatable bonds is 2. The van der Waals surface area contributed by atoms with Crippen molar-refractivity contribution in [2.45, 2.75) is 44.1 Å². The van der Waals surface area contributed by atoms with Crippen LogP contribution in [0.5, 0.6) is 0 Å². The summed E-state index contributed by atoms with van der Waals surface area (Å²) in [6.07, 6.45) is 6.65. The Labute approximate surface area is 117 Å². The molecule has 1 aromatic carbocycles. The molecule has 104 valence electrons. The number of likely N-dealkylation sites (tertiary alicyclic amines) is 1. The van der Waals surface area contributed by atoms with Crippen molar-refractivity contribution in [1.82, 2.24) is 10.2 Å². The van der Waals surface area contributed by atoms with Crippen molar-refractivity contribution >= 4 is 0 Å². The van der Waals surface area contributed by atoms with Crippen molar-refractivity contribution in [3.63, 3.8) is 0 Å². The van der Waals surface area contributed by atoms with E-state index in [1.165, 1.54) is 51.7 Å². The van der Waals surface area contributed by atoms with Crippen molar-refractivity contribution in [2.75, 3.05) is 26.7 Å². The summed E-state index contributed by atoms with van der Waals surface area (Å²) >= 11 is 0. The standard InChI is InChI=1S/C17H26N2/c1-19-12-5-6-14(10-13-19)15-7-2-3-8-16(15)17-9-4-11-18-17/h2-3,7-8,14,17-18H,4-6,9-13H2,1H3. The first-order valence-corrected chi connectivity index (χ1v) is 7.85. The van der Waals surface area contributed by atoms with Crippen LogP contribution in [0.15, 0.2) is 24.3 Å². The summed E-state index contributed by atoms with van der Waals surface area (Å²) in [5.74, 6) is 0.767. The van der Waals surface area contributed by atoms with Gasteiger partial charge in [-0.3, -0.25) is 0 Å². The minimum atomic E-state index is 0.609. The molecule has 2 atom stereocenters. The van der Waals surface area contributed by atoms with Crippen LogP contribution in [0.4, 0.5) is 0 Å². The molecule has 19 heavy (non-hydrogen) atoms. The molecule has 0 aliphatic carbocycles. The fourth-order valence-corrected chi connectivity index (χ4v) is 3.70. The summed E-state index contributed by atoms with van der Waals surface area (Å²) in [4.78, 5) is 2.48. The van der Waals surface area contributed by atoms with Gasteiger partial charge in [0, 0.05) is 6.04 Å². The van der Waals surface area contributed by atoms with Gasteiger partial charge in [0.1, 0.15) is 0 Å². The zero-order chi connectivity index (χ0) is 13.1. The number of nitrogens with zero attached hydrogens (tertiary/aromatic N) is 1. The van der Waals surface area contributed by atoms with E-state index in [0.29, 0.717) is 6.04 Å². The lowest BCUT2D eigenvalue weighted by Gasteiger charge is -2.22. The molecule has 3 rings (SSSR count). The molecule has 0 aromatic heterocycles. The Kier molecular flexibility index (Phi) is 4.19. The summed E-state index contributed by atoms with van der Waals surface area (Å²) in [6, 6.07) is 9.78. The van der Waals surface area contributed by atoms with Gasteiger partial charge in [0.2, 0.25) is 0 Å². The molecule has 2 heterocycles. The second-order valence-electron chi connectivity index (χ2n) is 6.21. The highest BCUT2D eigenvalue weighted by Crippen LogP contribution is 2.35. The maximum atomic E-state index is 3.67. The average Bonchev–Trinajstić information content (AvgIpc) is 2.88. The summed E-state index contributed by atoms with van der Waals surface area (Å²) < 4.78 is 0. The van der Waals surface area contributed by atoms with E-state index >= 15 is 0 Å². The molecule has 0 saturated carbocycles. The maximum Gasteiger partial charge on any atom is 0.0323 e. The van der Waals surface area contributed by atoms with E-state index in [2.05, 4.69) is 41.5 Å². The van der Waals surface area contributed by atoms with Crippen LogP contribution in [0.1, 0.15) is 55.2 Å². The molecule has 2 saturated heterocycles. The molecule has 0 radical (unpaired) electrons. The topological polar surface area (TPSA) is 15.3 Å². The lowest BCUT2D eigenvalue weighted by Crippen LogP contribution is -2.19. The Bertz CT molecular complexity index is 409.